The number of aliphatic hydroxyl groups is 1. The highest BCUT2D eigenvalue weighted by Gasteiger charge is 2.14. The van der Waals surface area contributed by atoms with Gasteiger partial charge in [0.05, 0.1) is 13.2 Å². The van der Waals surface area contributed by atoms with Crippen LogP contribution >= 0.6 is 0 Å². The van der Waals surface area contributed by atoms with E-state index in [2.05, 4.69) is 37.8 Å². The average Bonchev–Trinajstić information content (AvgIpc) is 3.11. The molecule has 296 valence electrons. The molecule has 1 N–H and O–H groups in total. The Kier molecular flexibility index (Phi) is 39.2. The Labute approximate surface area is 311 Å². The van der Waals surface area contributed by atoms with E-state index < -0.39 is 0 Å². The molecule has 6 heteroatoms. The van der Waals surface area contributed by atoms with Gasteiger partial charge >= 0.3 is 11.9 Å². The third-order valence-corrected chi connectivity index (χ3v) is 9.86. The molecule has 0 amide bonds. The molecule has 0 radical (unpaired) electrons. The average molecular weight is 708 g/mol. The van der Waals surface area contributed by atoms with Crippen LogP contribution in [0.15, 0.2) is 12.2 Å². The monoisotopic (exact) mass is 708 g/mol. The van der Waals surface area contributed by atoms with Crippen LogP contribution in [-0.4, -0.2) is 60.9 Å². The van der Waals surface area contributed by atoms with Gasteiger partial charge in [-0.2, -0.15) is 0 Å². The molecule has 0 aromatic carbocycles. The van der Waals surface area contributed by atoms with Gasteiger partial charge in [0.25, 0.3) is 0 Å². The number of ether oxygens (including phenoxy) is 2. The summed E-state index contributed by atoms with van der Waals surface area (Å²) >= 11 is 0. The Morgan fingerprint density at radius 1 is 0.520 bits per heavy atom. The zero-order valence-electron chi connectivity index (χ0n) is 33.7. The maximum Gasteiger partial charge on any atom is 0.306 e. The lowest BCUT2D eigenvalue weighted by molar-refractivity contribution is -0.150. The Morgan fingerprint density at radius 3 is 1.60 bits per heavy atom. The number of carbonyl (C=O) groups excluding carboxylic acids is 2. The van der Waals surface area contributed by atoms with Gasteiger partial charge in [-0.3, -0.25) is 9.59 Å². The second-order valence-electron chi connectivity index (χ2n) is 14.8. The lowest BCUT2D eigenvalue weighted by atomic mass is 10.0. The summed E-state index contributed by atoms with van der Waals surface area (Å²) < 4.78 is 11.4. The predicted molar refractivity (Wildman–Crippen MR) is 214 cm³/mol. The molecule has 0 fully saturated rings. The third kappa shape index (κ3) is 36.4. The summed E-state index contributed by atoms with van der Waals surface area (Å²) in [6.45, 7) is 10.2. The summed E-state index contributed by atoms with van der Waals surface area (Å²) in [4.78, 5) is 27.1. The van der Waals surface area contributed by atoms with E-state index in [9.17, 15) is 14.7 Å². The van der Waals surface area contributed by atoms with E-state index in [4.69, 9.17) is 9.47 Å². The fraction of sp³-hybridized carbons (Fsp3) is 0.909. The Balaban J connectivity index is 3.98. The topological polar surface area (TPSA) is 76.1 Å². The number of esters is 2. The Morgan fingerprint density at radius 2 is 1.00 bits per heavy atom. The number of nitrogens with zero attached hydrogens (tertiary/aromatic N) is 1. The van der Waals surface area contributed by atoms with Gasteiger partial charge in [0.1, 0.15) is 6.10 Å². The number of hydrogen-bond donors (Lipinski definition) is 1. The highest BCUT2D eigenvalue weighted by Crippen LogP contribution is 2.17. The van der Waals surface area contributed by atoms with Crippen LogP contribution in [0, 0.1) is 0 Å². The van der Waals surface area contributed by atoms with Crippen LogP contribution < -0.4 is 0 Å². The van der Waals surface area contributed by atoms with Crippen LogP contribution in [0.4, 0.5) is 0 Å². The van der Waals surface area contributed by atoms with Crippen molar-refractivity contribution < 1.29 is 24.2 Å². The molecule has 6 nitrogen and oxygen atoms in total. The van der Waals surface area contributed by atoms with Gasteiger partial charge in [0.15, 0.2) is 0 Å². The van der Waals surface area contributed by atoms with Gasteiger partial charge in [-0.15, -0.1) is 0 Å². The van der Waals surface area contributed by atoms with Gasteiger partial charge in [0.2, 0.25) is 0 Å². The molecule has 0 aliphatic rings. The number of allylic oxidation sites excluding steroid dienone is 2. The van der Waals surface area contributed by atoms with Crippen LogP contribution in [0.5, 0.6) is 0 Å². The summed E-state index contributed by atoms with van der Waals surface area (Å²) in [6.07, 6.45) is 39.6. The Bertz CT molecular complexity index is 742. The minimum Gasteiger partial charge on any atom is -0.466 e. The van der Waals surface area contributed by atoms with Gasteiger partial charge in [-0.05, 0) is 77.3 Å². The molecule has 0 spiro atoms. The lowest BCUT2D eigenvalue weighted by Gasteiger charge is -2.21. The molecule has 0 rings (SSSR count). The number of hydrogen-bond acceptors (Lipinski definition) is 6. The summed E-state index contributed by atoms with van der Waals surface area (Å²) in [6, 6.07) is 0. The standard InChI is InChI=1S/C44H85NO5/c1-4-7-10-13-16-17-18-24-32-41-49-43(47)35-29-25-31-38-45(39-40-46)37-30-23-19-22-28-36-44(48)50-42(33-26-20-14-11-8-5-2)34-27-21-15-12-9-6-3/h14,20,42,46H,4-13,15-19,21-41H2,1-3H3/b20-14-. The van der Waals surface area contributed by atoms with Crippen LogP contribution in [0.3, 0.4) is 0 Å². The van der Waals surface area contributed by atoms with Crippen molar-refractivity contribution in [2.45, 2.75) is 226 Å². The molecule has 0 aromatic rings. The molecule has 50 heavy (non-hydrogen) atoms. The molecule has 0 saturated carbocycles. The Hall–Kier alpha value is -1.40. The highest BCUT2D eigenvalue weighted by molar-refractivity contribution is 5.69. The van der Waals surface area contributed by atoms with Gasteiger partial charge < -0.3 is 19.5 Å². The summed E-state index contributed by atoms with van der Waals surface area (Å²) in [5, 5.41) is 9.53. The fourth-order valence-corrected chi connectivity index (χ4v) is 6.56. The smallest absolute Gasteiger partial charge is 0.306 e. The third-order valence-electron chi connectivity index (χ3n) is 9.86. The molecule has 0 heterocycles. The van der Waals surface area contributed by atoms with Gasteiger partial charge in [-0.1, -0.05) is 155 Å². The number of carbonyl (C=O) groups is 2. The zero-order chi connectivity index (χ0) is 36.6. The van der Waals surface area contributed by atoms with Crippen molar-refractivity contribution in [1.29, 1.82) is 0 Å². The largest absolute Gasteiger partial charge is 0.466 e. The lowest BCUT2D eigenvalue weighted by Crippen LogP contribution is -2.29. The molecular formula is C44H85NO5. The first-order valence-corrected chi connectivity index (χ1v) is 21.9. The minimum atomic E-state index is -0.0522. The molecule has 1 unspecified atom stereocenters. The molecule has 0 bridgehead atoms. The second kappa shape index (κ2) is 40.4. The van der Waals surface area contributed by atoms with Crippen molar-refractivity contribution in [3.63, 3.8) is 0 Å². The van der Waals surface area contributed by atoms with E-state index in [-0.39, 0.29) is 24.6 Å². The van der Waals surface area contributed by atoms with E-state index in [1.807, 2.05) is 0 Å². The van der Waals surface area contributed by atoms with Crippen molar-refractivity contribution in [2.24, 2.45) is 0 Å². The van der Waals surface area contributed by atoms with Gasteiger partial charge in [-0.25, -0.2) is 0 Å². The zero-order valence-corrected chi connectivity index (χ0v) is 33.7. The maximum atomic E-state index is 12.7. The highest BCUT2D eigenvalue weighted by atomic mass is 16.5. The van der Waals surface area contributed by atoms with Crippen LogP contribution in [-0.2, 0) is 19.1 Å². The molecule has 1 atom stereocenters. The predicted octanol–water partition coefficient (Wildman–Crippen LogP) is 12.4. The van der Waals surface area contributed by atoms with Crippen LogP contribution in [0.1, 0.15) is 220 Å². The number of aliphatic hydroxyl groups excluding tert-OH is 1. The van der Waals surface area contributed by atoms with E-state index >= 15 is 0 Å². The fourth-order valence-electron chi connectivity index (χ4n) is 6.56. The SMILES string of the molecule is CCCC/C=C\CCC(CCCCCCCC)OC(=O)CCCCCCCN(CCO)CCCCCC(=O)OCCCCCCCCCCC. The molecule has 0 aliphatic carbocycles. The van der Waals surface area contributed by atoms with Crippen molar-refractivity contribution in [3.05, 3.63) is 12.2 Å². The quantitative estimate of drug-likeness (QED) is 0.0388. The number of unbranched alkanes of at least 4 members (excludes halogenated alkanes) is 21. The van der Waals surface area contributed by atoms with E-state index in [1.165, 1.54) is 89.9 Å². The minimum absolute atomic E-state index is 0.0165. The summed E-state index contributed by atoms with van der Waals surface area (Å²) in [5.74, 6) is -0.0688. The normalized spacial score (nSPS) is 12.3. The van der Waals surface area contributed by atoms with E-state index in [0.717, 1.165) is 109 Å². The summed E-state index contributed by atoms with van der Waals surface area (Å²) in [5.41, 5.74) is 0. The van der Waals surface area contributed by atoms with Crippen molar-refractivity contribution in [2.75, 3.05) is 32.8 Å². The first-order valence-electron chi connectivity index (χ1n) is 21.9. The van der Waals surface area contributed by atoms with Crippen molar-refractivity contribution in [3.8, 4) is 0 Å². The maximum absolute atomic E-state index is 12.7. The summed E-state index contributed by atoms with van der Waals surface area (Å²) in [7, 11) is 0. The second-order valence-corrected chi connectivity index (χ2v) is 14.8. The molecular weight excluding hydrogens is 622 g/mol. The van der Waals surface area contributed by atoms with Crippen molar-refractivity contribution in [1.82, 2.24) is 4.90 Å². The molecule has 0 aliphatic heterocycles. The molecule has 0 saturated heterocycles. The van der Waals surface area contributed by atoms with Crippen molar-refractivity contribution >= 4 is 11.9 Å². The van der Waals surface area contributed by atoms with Gasteiger partial charge in [0, 0.05) is 19.4 Å². The first-order chi connectivity index (χ1) is 24.6. The van der Waals surface area contributed by atoms with Crippen LogP contribution in [0.2, 0.25) is 0 Å². The van der Waals surface area contributed by atoms with E-state index in [1.54, 1.807) is 0 Å². The number of rotatable bonds is 40. The van der Waals surface area contributed by atoms with Crippen LogP contribution in [0.25, 0.3) is 0 Å². The first kappa shape index (κ1) is 48.6. The molecule has 0 aromatic heterocycles. The van der Waals surface area contributed by atoms with E-state index in [0.29, 0.717) is 26.0 Å².